The molecule has 1 amide bonds. The van der Waals surface area contributed by atoms with Crippen molar-refractivity contribution in [1.82, 2.24) is 15.3 Å². The predicted octanol–water partition coefficient (Wildman–Crippen LogP) is 4.10. The molecule has 134 valence electrons. The molecule has 25 heavy (non-hydrogen) atoms. The molecule has 0 saturated heterocycles. The Kier molecular flexibility index (Phi) is 6.19. The molecule has 5 heteroatoms. The summed E-state index contributed by atoms with van der Waals surface area (Å²) in [5.41, 5.74) is 3.38. The molecule has 1 heterocycles. The van der Waals surface area contributed by atoms with E-state index >= 15 is 0 Å². The molecule has 0 spiro atoms. The van der Waals surface area contributed by atoms with Crippen LogP contribution in [0.5, 0.6) is 0 Å². The molecule has 1 aromatic heterocycles. The molecule has 3 rings (SSSR count). The number of benzene rings is 1. The van der Waals surface area contributed by atoms with Gasteiger partial charge in [0.2, 0.25) is 5.91 Å². The maximum Gasteiger partial charge on any atom is 0.230 e. The number of rotatable bonds is 6. The molecular weight excluding hydrogens is 330 g/mol. The Morgan fingerprint density at radius 2 is 2.04 bits per heavy atom. The number of carbonyl (C=O) groups excluding carboxylic acids is 1. The first-order valence-electron chi connectivity index (χ1n) is 9.13. The molecule has 4 nitrogen and oxygen atoms in total. The number of thioether (sulfide) groups is 1. The van der Waals surface area contributed by atoms with E-state index in [1.54, 1.807) is 0 Å². The Morgan fingerprint density at radius 1 is 1.28 bits per heavy atom. The van der Waals surface area contributed by atoms with Gasteiger partial charge in [-0.3, -0.25) is 4.79 Å². The Labute approximate surface area is 154 Å². The van der Waals surface area contributed by atoms with Gasteiger partial charge in [-0.05, 0) is 31.2 Å². The average Bonchev–Trinajstić information content (AvgIpc) is 2.96. The summed E-state index contributed by atoms with van der Waals surface area (Å²) in [5, 5.41) is 4.03. The van der Waals surface area contributed by atoms with Gasteiger partial charge < -0.3 is 10.3 Å². The topological polar surface area (TPSA) is 57.8 Å². The van der Waals surface area contributed by atoms with E-state index in [4.69, 9.17) is 0 Å². The lowest BCUT2D eigenvalue weighted by Gasteiger charge is -2.29. The largest absolute Gasteiger partial charge is 0.352 e. The highest BCUT2D eigenvalue weighted by atomic mass is 32.2. The second-order valence-corrected chi connectivity index (χ2v) is 7.96. The number of nitrogens with one attached hydrogen (secondary N) is 2. The summed E-state index contributed by atoms with van der Waals surface area (Å²) in [6.45, 7) is 4.28. The number of amides is 1. The van der Waals surface area contributed by atoms with Gasteiger partial charge in [-0.2, -0.15) is 0 Å². The van der Waals surface area contributed by atoms with Crippen molar-refractivity contribution in [3.05, 3.63) is 47.3 Å². The van der Waals surface area contributed by atoms with Crippen LogP contribution in [-0.2, 0) is 11.2 Å². The van der Waals surface area contributed by atoms with Crippen molar-refractivity contribution in [3.63, 3.8) is 0 Å². The van der Waals surface area contributed by atoms with Gasteiger partial charge >= 0.3 is 0 Å². The Bertz CT molecular complexity index is 698. The number of imidazole rings is 1. The molecule has 1 aromatic carbocycles. The number of carbonyl (C=O) groups is 1. The second kappa shape index (κ2) is 8.56. The zero-order valence-corrected chi connectivity index (χ0v) is 15.9. The smallest absolute Gasteiger partial charge is 0.230 e. The SMILES string of the molecule is Cc1[nH]c(SCC(=O)N[C@@H]2CCCC[C@H]2C)nc1Cc1ccccc1. The average molecular weight is 358 g/mol. The molecule has 1 fully saturated rings. The van der Waals surface area contributed by atoms with E-state index in [2.05, 4.69) is 34.3 Å². The first kappa shape index (κ1) is 18.1. The number of hydrogen-bond acceptors (Lipinski definition) is 3. The van der Waals surface area contributed by atoms with Crippen LogP contribution in [0.25, 0.3) is 0 Å². The van der Waals surface area contributed by atoms with Gasteiger partial charge in [0.1, 0.15) is 0 Å². The predicted molar refractivity (Wildman–Crippen MR) is 103 cm³/mol. The zero-order valence-electron chi connectivity index (χ0n) is 15.0. The van der Waals surface area contributed by atoms with Gasteiger partial charge in [-0.1, -0.05) is 61.9 Å². The second-order valence-electron chi connectivity index (χ2n) is 7.00. The number of aromatic amines is 1. The Hall–Kier alpha value is -1.75. The molecule has 2 N–H and O–H groups in total. The van der Waals surface area contributed by atoms with Gasteiger partial charge in [-0.25, -0.2) is 4.98 Å². The van der Waals surface area contributed by atoms with E-state index in [9.17, 15) is 4.79 Å². The molecule has 1 aliphatic carbocycles. The monoisotopic (exact) mass is 357 g/mol. The van der Waals surface area contributed by atoms with Gasteiger partial charge in [0, 0.05) is 18.2 Å². The molecule has 0 aliphatic heterocycles. The third-order valence-electron chi connectivity index (χ3n) is 4.98. The third kappa shape index (κ3) is 5.11. The Morgan fingerprint density at radius 3 is 2.80 bits per heavy atom. The maximum atomic E-state index is 12.2. The van der Waals surface area contributed by atoms with Crippen molar-refractivity contribution in [2.75, 3.05) is 5.75 Å². The van der Waals surface area contributed by atoms with E-state index in [0.29, 0.717) is 17.7 Å². The number of aryl methyl sites for hydroxylation is 1. The first-order valence-corrected chi connectivity index (χ1v) is 10.1. The molecule has 0 unspecified atom stereocenters. The number of H-pyrrole nitrogens is 1. The van der Waals surface area contributed by atoms with E-state index in [1.165, 1.54) is 36.6 Å². The summed E-state index contributed by atoms with van der Waals surface area (Å²) in [7, 11) is 0. The van der Waals surface area contributed by atoms with Crippen LogP contribution in [0.2, 0.25) is 0 Å². The highest BCUT2D eigenvalue weighted by Gasteiger charge is 2.22. The van der Waals surface area contributed by atoms with E-state index in [-0.39, 0.29) is 5.91 Å². The maximum absolute atomic E-state index is 12.2. The fourth-order valence-corrected chi connectivity index (χ4v) is 4.16. The van der Waals surface area contributed by atoms with Gasteiger partial charge in [0.05, 0.1) is 11.4 Å². The minimum Gasteiger partial charge on any atom is -0.352 e. The summed E-state index contributed by atoms with van der Waals surface area (Å²) in [6.07, 6.45) is 5.66. The van der Waals surface area contributed by atoms with E-state index in [1.807, 2.05) is 25.1 Å². The first-order chi connectivity index (χ1) is 12.1. The van der Waals surface area contributed by atoms with Crippen LogP contribution in [0.1, 0.15) is 49.6 Å². The van der Waals surface area contributed by atoms with E-state index in [0.717, 1.165) is 29.4 Å². The summed E-state index contributed by atoms with van der Waals surface area (Å²) >= 11 is 1.49. The lowest BCUT2D eigenvalue weighted by molar-refractivity contribution is -0.119. The number of hydrogen-bond donors (Lipinski definition) is 2. The van der Waals surface area contributed by atoms with Crippen LogP contribution >= 0.6 is 11.8 Å². The number of nitrogens with zero attached hydrogens (tertiary/aromatic N) is 1. The molecule has 1 aliphatic rings. The molecule has 2 aromatic rings. The van der Waals surface area contributed by atoms with Crippen molar-refractivity contribution in [2.45, 2.75) is 57.1 Å². The highest BCUT2D eigenvalue weighted by Crippen LogP contribution is 2.24. The fraction of sp³-hybridized carbons (Fsp3) is 0.500. The van der Waals surface area contributed by atoms with Gasteiger partial charge in [-0.15, -0.1) is 0 Å². The van der Waals surface area contributed by atoms with Crippen LogP contribution in [0.3, 0.4) is 0 Å². The molecule has 0 bridgehead atoms. The van der Waals surface area contributed by atoms with Crippen LogP contribution in [-0.4, -0.2) is 27.7 Å². The summed E-state index contributed by atoms with van der Waals surface area (Å²) in [5.74, 6) is 1.12. The molecule has 1 saturated carbocycles. The van der Waals surface area contributed by atoms with Crippen molar-refractivity contribution in [1.29, 1.82) is 0 Å². The van der Waals surface area contributed by atoms with Crippen LogP contribution in [0.4, 0.5) is 0 Å². The van der Waals surface area contributed by atoms with Crippen LogP contribution in [0.15, 0.2) is 35.5 Å². The lowest BCUT2D eigenvalue weighted by Crippen LogP contribution is -2.41. The zero-order chi connectivity index (χ0) is 17.6. The van der Waals surface area contributed by atoms with Gasteiger partial charge in [0.15, 0.2) is 5.16 Å². The minimum atomic E-state index is 0.113. The third-order valence-corrected chi connectivity index (χ3v) is 5.85. The van der Waals surface area contributed by atoms with Gasteiger partial charge in [0.25, 0.3) is 0 Å². The quantitative estimate of drug-likeness (QED) is 0.766. The van der Waals surface area contributed by atoms with E-state index < -0.39 is 0 Å². The number of aromatic nitrogens is 2. The standard InChI is InChI=1S/C20H27N3OS/c1-14-8-6-7-11-17(14)22-19(24)13-25-20-21-15(2)18(23-20)12-16-9-4-3-5-10-16/h3-5,9-10,14,17H,6-8,11-13H2,1-2H3,(H,21,23)(H,22,24)/t14-,17-/m1/s1. The van der Waals surface area contributed by atoms with Crippen LogP contribution < -0.4 is 5.32 Å². The molecule has 2 atom stereocenters. The highest BCUT2D eigenvalue weighted by molar-refractivity contribution is 7.99. The minimum absolute atomic E-state index is 0.113. The normalized spacial score (nSPS) is 20.4. The van der Waals surface area contributed by atoms with Crippen molar-refractivity contribution in [2.24, 2.45) is 5.92 Å². The Balaban J connectivity index is 1.51. The summed E-state index contributed by atoms with van der Waals surface area (Å²) in [4.78, 5) is 20.2. The van der Waals surface area contributed by atoms with Crippen molar-refractivity contribution < 1.29 is 4.79 Å². The van der Waals surface area contributed by atoms with Crippen molar-refractivity contribution >= 4 is 17.7 Å². The summed E-state index contributed by atoms with van der Waals surface area (Å²) in [6, 6.07) is 10.7. The van der Waals surface area contributed by atoms with Crippen LogP contribution in [0, 0.1) is 12.8 Å². The summed E-state index contributed by atoms with van der Waals surface area (Å²) < 4.78 is 0. The lowest BCUT2D eigenvalue weighted by atomic mass is 9.86. The fourth-order valence-electron chi connectivity index (χ4n) is 3.41. The molecular formula is C20H27N3OS. The van der Waals surface area contributed by atoms with Crippen molar-refractivity contribution in [3.8, 4) is 0 Å². The molecule has 0 radical (unpaired) electrons.